The van der Waals surface area contributed by atoms with Crippen LogP contribution in [-0.2, 0) is 23.2 Å². The molecule has 0 radical (unpaired) electrons. The Morgan fingerprint density at radius 1 is 1.13 bits per heavy atom. The number of methoxy groups -OCH3 is 1. The predicted molar refractivity (Wildman–Crippen MR) is 122 cm³/mol. The Labute approximate surface area is 185 Å². The molecule has 1 N–H and O–H groups in total. The van der Waals surface area contributed by atoms with Crippen LogP contribution < -0.4 is 4.74 Å². The molecular weight excluding hydrogens is 390 g/mol. The van der Waals surface area contributed by atoms with Crippen molar-refractivity contribution < 1.29 is 19.4 Å². The maximum absolute atomic E-state index is 13.7. The van der Waals surface area contributed by atoms with E-state index in [1.807, 2.05) is 44.2 Å². The molecule has 5 heteroatoms. The summed E-state index contributed by atoms with van der Waals surface area (Å²) in [6.45, 7) is 10.5. The Kier molecular flexibility index (Phi) is 6.17. The molecule has 1 amide bonds. The second-order valence-corrected chi connectivity index (χ2v) is 9.94. The highest BCUT2D eigenvalue weighted by atomic mass is 16.5. The summed E-state index contributed by atoms with van der Waals surface area (Å²) in [5, 5.41) is 10.4. The van der Waals surface area contributed by atoms with Crippen molar-refractivity contribution in [1.82, 2.24) is 4.90 Å². The van der Waals surface area contributed by atoms with Crippen molar-refractivity contribution in [3.8, 4) is 5.75 Å². The fourth-order valence-electron chi connectivity index (χ4n) is 4.62. The van der Waals surface area contributed by atoms with Crippen LogP contribution in [0.1, 0.15) is 68.1 Å². The molecule has 0 bridgehead atoms. The summed E-state index contributed by atoms with van der Waals surface area (Å²) in [7, 11) is 1.59. The van der Waals surface area contributed by atoms with Crippen molar-refractivity contribution in [2.75, 3.05) is 7.11 Å². The van der Waals surface area contributed by atoms with E-state index in [0.717, 1.165) is 16.7 Å². The van der Waals surface area contributed by atoms with Crippen molar-refractivity contribution in [2.45, 2.75) is 65.0 Å². The molecule has 0 aromatic heterocycles. The average Bonchev–Trinajstić information content (AvgIpc) is 2.70. The van der Waals surface area contributed by atoms with Crippen molar-refractivity contribution in [3.05, 3.63) is 64.7 Å². The standard InChI is InChI=1S/C26H33NO4/c1-17(2)14-26(24(29)30)15-19-9-7-8-10-20(19)16-27(26)23(28)18-11-12-21(25(3,4)5)22(13-18)31-6/h7-13,17H,14-16H2,1-6H3,(H,29,30). The van der Waals surface area contributed by atoms with Gasteiger partial charge in [-0.2, -0.15) is 0 Å². The molecule has 31 heavy (non-hydrogen) atoms. The van der Waals surface area contributed by atoms with Gasteiger partial charge < -0.3 is 14.7 Å². The minimum absolute atomic E-state index is 0.120. The van der Waals surface area contributed by atoms with Gasteiger partial charge in [-0.1, -0.05) is 65.0 Å². The van der Waals surface area contributed by atoms with E-state index in [0.29, 0.717) is 24.2 Å². The molecule has 1 unspecified atom stereocenters. The molecule has 3 rings (SSSR count). The van der Waals surface area contributed by atoms with Gasteiger partial charge in [-0.05, 0) is 46.6 Å². The Morgan fingerprint density at radius 2 is 1.77 bits per heavy atom. The topological polar surface area (TPSA) is 66.8 Å². The Morgan fingerprint density at radius 3 is 2.32 bits per heavy atom. The summed E-state index contributed by atoms with van der Waals surface area (Å²) in [5.41, 5.74) is 2.01. The van der Waals surface area contributed by atoms with E-state index < -0.39 is 11.5 Å². The van der Waals surface area contributed by atoms with Crippen molar-refractivity contribution in [3.63, 3.8) is 0 Å². The third kappa shape index (κ3) is 4.32. The van der Waals surface area contributed by atoms with E-state index in [-0.39, 0.29) is 23.8 Å². The summed E-state index contributed by atoms with van der Waals surface area (Å²) >= 11 is 0. The zero-order valence-electron chi connectivity index (χ0n) is 19.4. The highest BCUT2D eigenvalue weighted by Gasteiger charge is 2.50. The first-order valence-corrected chi connectivity index (χ1v) is 10.8. The van der Waals surface area contributed by atoms with E-state index in [1.54, 1.807) is 24.1 Å². The molecule has 0 saturated carbocycles. The molecular formula is C26H33NO4. The molecule has 1 heterocycles. The molecule has 166 valence electrons. The number of amides is 1. The van der Waals surface area contributed by atoms with Crippen LogP contribution in [0, 0.1) is 5.92 Å². The van der Waals surface area contributed by atoms with Crippen LogP contribution in [0.25, 0.3) is 0 Å². The predicted octanol–water partition coefficient (Wildman–Crippen LogP) is 5.06. The largest absolute Gasteiger partial charge is 0.496 e. The number of carboxylic acid groups (broad SMARTS) is 1. The van der Waals surface area contributed by atoms with Gasteiger partial charge in [0, 0.05) is 18.5 Å². The van der Waals surface area contributed by atoms with E-state index in [2.05, 4.69) is 20.8 Å². The maximum Gasteiger partial charge on any atom is 0.330 e. The van der Waals surface area contributed by atoms with Crippen LogP contribution in [0.3, 0.4) is 0 Å². The smallest absolute Gasteiger partial charge is 0.330 e. The van der Waals surface area contributed by atoms with Gasteiger partial charge >= 0.3 is 5.97 Å². The van der Waals surface area contributed by atoms with Crippen molar-refractivity contribution in [2.24, 2.45) is 5.92 Å². The van der Waals surface area contributed by atoms with Gasteiger partial charge in [0.15, 0.2) is 0 Å². The number of aliphatic carboxylic acids is 1. The lowest BCUT2D eigenvalue weighted by molar-refractivity contribution is -0.152. The van der Waals surface area contributed by atoms with Crippen LogP contribution >= 0.6 is 0 Å². The lowest BCUT2D eigenvalue weighted by Gasteiger charge is -2.45. The summed E-state index contributed by atoms with van der Waals surface area (Å²) in [6.07, 6.45) is 0.694. The number of ether oxygens (including phenoxy) is 1. The van der Waals surface area contributed by atoms with Crippen molar-refractivity contribution >= 4 is 11.9 Å². The van der Waals surface area contributed by atoms with Crippen LogP contribution in [0.2, 0.25) is 0 Å². The van der Waals surface area contributed by atoms with Crippen LogP contribution in [0.15, 0.2) is 42.5 Å². The SMILES string of the molecule is COc1cc(C(=O)N2Cc3ccccc3CC2(CC(C)C)C(=O)O)ccc1C(C)(C)C. The van der Waals surface area contributed by atoms with Gasteiger partial charge in [0.2, 0.25) is 0 Å². The fraction of sp³-hybridized carbons (Fsp3) is 0.462. The number of nitrogens with zero attached hydrogens (tertiary/aromatic N) is 1. The molecule has 0 fully saturated rings. The number of fused-ring (bicyclic) bond motifs is 1. The fourth-order valence-corrected chi connectivity index (χ4v) is 4.62. The van der Waals surface area contributed by atoms with Gasteiger partial charge in [-0.15, -0.1) is 0 Å². The lowest BCUT2D eigenvalue weighted by Crippen LogP contribution is -2.60. The zero-order valence-corrected chi connectivity index (χ0v) is 19.4. The summed E-state index contributed by atoms with van der Waals surface area (Å²) in [6, 6.07) is 13.2. The first-order valence-electron chi connectivity index (χ1n) is 10.8. The third-order valence-corrected chi connectivity index (χ3v) is 6.09. The maximum atomic E-state index is 13.7. The average molecular weight is 424 g/mol. The molecule has 0 saturated heterocycles. The van der Waals surface area contributed by atoms with E-state index in [9.17, 15) is 14.7 Å². The minimum Gasteiger partial charge on any atom is -0.496 e. The minimum atomic E-state index is -1.28. The third-order valence-electron chi connectivity index (χ3n) is 6.09. The first kappa shape index (κ1) is 22.9. The van der Waals surface area contributed by atoms with Gasteiger partial charge in [-0.3, -0.25) is 4.79 Å². The van der Waals surface area contributed by atoms with Crippen LogP contribution in [-0.4, -0.2) is 34.5 Å². The quantitative estimate of drug-likeness (QED) is 0.730. The molecule has 0 spiro atoms. The monoisotopic (exact) mass is 423 g/mol. The molecule has 1 aliphatic heterocycles. The summed E-state index contributed by atoms with van der Waals surface area (Å²) in [5.74, 6) is -0.478. The van der Waals surface area contributed by atoms with Gasteiger partial charge in [0.05, 0.1) is 7.11 Å². The normalized spacial score (nSPS) is 18.6. The number of rotatable bonds is 5. The van der Waals surface area contributed by atoms with Crippen molar-refractivity contribution in [1.29, 1.82) is 0 Å². The number of hydrogen-bond donors (Lipinski definition) is 1. The highest BCUT2D eigenvalue weighted by molar-refractivity contribution is 5.98. The number of carbonyl (C=O) groups is 2. The van der Waals surface area contributed by atoms with Gasteiger partial charge in [0.1, 0.15) is 11.3 Å². The second-order valence-electron chi connectivity index (χ2n) is 9.94. The van der Waals surface area contributed by atoms with Crippen LogP contribution in [0.4, 0.5) is 0 Å². The zero-order chi connectivity index (χ0) is 23.0. The molecule has 1 aliphatic rings. The number of hydrogen-bond acceptors (Lipinski definition) is 3. The van der Waals surface area contributed by atoms with Gasteiger partial charge in [-0.25, -0.2) is 4.79 Å². The van der Waals surface area contributed by atoms with E-state index in [1.165, 1.54) is 0 Å². The van der Waals surface area contributed by atoms with Gasteiger partial charge in [0.25, 0.3) is 5.91 Å². The van der Waals surface area contributed by atoms with E-state index in [4.69, 9.17) is 4.74 Å². The molecule has 5 nitrogen and oxygen atoms in total. The number of carbonyl (C=O) groups excluding carboxylic acids is 1. The Hall–Kier alpha value is -2.82. The summed E-state index contributed by atoms with van der Waals surface area (Å²) < 4.78 is 5.58. The van der Waals surface area contributed by atoms with E-state index >= 15 is 0 Å². The molecule has 1 atom stereocenters. The number of carboxylic acids is 1. The second kappa shape index (κ2) is 8.37. The first-order chi connectivity index (χ1) is 14.5. The summed E-state index contributed by atoms with van der Waals surface area (Å²) in [4.78, 5) is 28.0. The lowest BCUT2D eigenvalue weighted by atomic mass is 9.77. The molecule has 2 aromatic rings. The Balaban J connectivity index is 2.11. The Bertz CT molecular complexity index is 989. The highest BCUT2D eigenvalue weighted by Crippen LogP contribution is 2.38. The van der Waals surface area contributed by atoms with Crippen LogP contribution in [0.5, 0.6) is 5.75 Å². The number of benzene rings is 2. The molecule has 2 aromatic carbocycles. The molecule has 0 aliphatic carbocycles.